The smallest absolute Gasteiger partial charge is 0.206 e. The average molecular weight is 430 g/mol. The fourth-order valence-electron chi connectivity index (χ4n) is 3.51. The van der Waals surface area contributed by atoms with Crippen molar-refractivity contribution in [1.82, 2.24) is 4.68 Å². The van der Waals surface area contributed by atoms with E-state index in [9.17, 15) is 0 Å². The van der Waals surface area contributed by atoms with E-state index in [1.807, 2.05) is 23.7 Å². The average Bonchev–Trinajstić information content (AvgIpc) is 2.96. The summed E-state index contributed by atoms with van der Waals surface area (Å²) in [6.45, 7) is 6.54. The zero-order valence-corrected chi connectivity index (χ0v) is 19.2. The van der Waals surface area contributed by atoms with Crippen molar-refractivity contribution in [2.45, 2.75) is 45.4 Å². The molecule has 162 valence electrons. The van der Waals surface area contributed by atoms with Crippen LogP contribution in [0.2, 0.25) is 0 Å². The van der Waals surface area contributed by atoms with Crippen molar-refractivity contribution in [2.24, 2.45) is 10.1 Å². The van der Waals surface area contributed by atoms with Gasteiger partial charge in [0.05, 0.1) is 33.6 Å². The number of aromatic nitrogens is 1. The maximum absolute atomic E-state index is 5.55. The van der Waals surface area contributed by atoms with E-state index in [1.165, 1.54) is 31.4 Å². The summed E-state index contributed by atoms with van der Waals surface area (Å²) in [7, 11) is 4.86. The van der Waals surface area contributed by atoms with E-state index in [0.717, 1.165) is 34.5 Å². The third-order valence-corrected chi connectivity index (χ3v) is 5.91. The monoisotopic (exact) mass is 429 g/mol. The van der Waals surface area contributed by atoms with Gasteiger partial charge in [-0.2, -0.15) is 5.10 Å². The Morgan fingerprint density at radius 3 is 2.20 bits per heavy atom. The predicted molar refractivity (Wildman–Crippen MR) is 123 cm³/mol. The standard InChI is InChI=1S/C23H31N3O3S/c1-16(2)14-24-23-26(25-18-10-8-6-7-9-11-18)19(15-30-23)17-12-20(27-3)22(29-5)21(13-17)28-4/h12-13,15H,1,6-11,14H2,2-5H3. The molecule has 6 nitrogen and oxygen atoms in total. The first kappa shape index (κ1) is 22.2. The summed E-state index contributed by atoms with van der Waals surface area (Å²) in [6.07, 6.45) is 7.03. The van der Waals surface area contributed by atoms with Gasteiger partial charge < -0.3 is 14.2 Å². The molecule has 1 saturated carbocycles. The van der Waals surface area contributed by atoms with Crippen LogP contribution in [0.3, 0.4) is 0 Å². The second-order valence-electron chi connectivity index (χ2n) is 7.48. The minimum absolute atomic E-state index is 0.577. The van der Waals surface area contributed by atoms with Crippen molar-refractivity contribution in [1.29, 1.82) is 0 Å². The largest absolute Gasteiger partial charge is 0.493 e. The molecule has 0 bridgehead atoms. The number of hydrogen-bond donors (Lipinski definition) is 0. The summed E-state index contributed by atoms with van der Waals surface area (Å²) in [5.41, 5.74) is 4.15. The van der Waals surface area contributed by atoms with E-state index in [2.05, 4.69) is 12.0 Å². The van der Waals surface area contributed by atoms with Crippen molar-refractivity contribution < 1.29 is 14.2 Å². The van der Waals surface area contributed by atoms with Gasteiger partial charge >= 0.3 is 0 Å². The zero-order valence-electron chi connectivity index (χ0n) is 18.4. The van der Waals surface area contributed by atoms with Gasteiger partial charge in [0.2, 0.25) is 10.6 Å². The molecule has 0 atom stereocenters. The summed E-state index contributed by atoms with van der Waals surface area (Å²) < 4.78 is 18.5. The molecule has 1 fully saturated rings. The van der Waals surface area contributed by atoms with E-state index >= 15 is 0 Å². The molecule has 1 heterocycles. The summed E-state index contributed by atoms with van der Waals surface area (Å²) in [5.74, 6) is 1.81. The maximum Gasteiger partial charge on any atom is 0.206 e. The number of ether oxygens (including phenoxy) is 3. The molecule has 1 aromatic carbocycles. The number of hydrogen-bond acceptors (Lipinski definition) is 6. The predicted octanol–water partition coefficient (Wildman–Crippen LogP) is 5.28. The van der Waals surface area contributed by atoms with Gasteiger partial charge in [0, 0.05) is 16.7 Å². The maximum atomic E-state index is 5.55. The van der Waals surface area contributed by atoms with Crippen LogP contribution in [0, 0.1) is 0 Å². The first-order valence-electron chi connectivity index (χ1n) is 10.3. The fourth-order valence-corrected chi connectivity index (χ4v) is 4.34. The highest BCUT2D eigenvalue weighted by Gasteiger charge is 2.17. The molecular formula is C23H31N3O3S. The Labute approximate surface area is 182 Å². The van der Waals surface area contributed by atoms with Crippen molar-refractivity contribution >= 4 is 17.0 Å². The van der Waals surface area contributed by atoms with Crippen molar-refractivity contribution in [3.05, 3.63) is 34.5 Å². The zero-order chi connectivity index (χ0) is 21.5. The molecule has 0 saturated heterocycles. The van der Waals surface area contributed by atoms with E-state index in [-0.39, 0.29) is 0 Å². The molecule has 0 amide bonds. The van der Waals surface area contributed by atoms with E-state index in [0.29, 0.717) is 23.8 Å². The highest BCUT2D eigenvalue weighted by atomic mass is 32.1. The molecule has 2 aromatic rings. The lowest BCUT2D eigenvalue weighted by Crippen LogP contribution is -2.15. The lowest BCUT2D eigenvalue weighted by molar-refractivity contribution is 0.324. The quantitative estimate of drug-likeness (QED) is 0.445. The molecule has 7 heteroatoms. The summed E-state index contributed by atoms with van der Waals surface area (Å²) in [4.78, 5) is 5.61. The molecule has 0 N–H and O–H groups in total. The molecule has 1 aliphatic rings. The van der Waals surface area contributed by atoms with Crippen LogP contribution in [0.15, 0.2) is 39.8 Å². The van der Waals surface area contributed by atoms with Gasteiger partial charge in [-0.05, 0) is 44.7 Å². The molecule has 0 aliphatic heterocycles. The van der Waals surface area contributed by atoms with Crippen LogP contribution >= 0.6 is 11.3 Å². The van der Waals surface area contributed by atoms with Gasteiger partial charge in [-0.3, -0.25) is 4.99 Å². The van der Waals surface area contributed by atoms with Crippen molar-refractivity contribution in [3.63, 3.8) is 0 Å². The fraction of sp³-hybridized carbons (Fsp3) is 0.478. The highest BCUT2D eigenvalue weighted by molar-refractivity contribution is 7.07. The van der Waals surface area contributed by atoms with Gasteiger partial charge in [0.25, 0.3) is 0 Å². The highest BCUT2D eigenvalue weighted by Crippen LogP contribution is 2.41. The lowest BCUT2D eigenvalue weighted by Gasteiger charge is -2.14. The summed E-state index contributed by atoms with van der Waals surface area (Å²) >= 11 is 1.58. The minimum atomic E-state index is 0.577. The van der Waals surface area contributed by atoms with Crippen molar-refractivity contribution in [3.8, 4) is 28.5 Å². The Balaban J connectivity index is 2.16. The SMILES string of the molecule is C=C(C)CN=c1scc(-c2cc(OC)c(OC)c(OC)c2)n1N=C1CCCCCC1. The number of benzene rings is 1. The molecule has 0 spiro atoms. The van der Waals surface area contributed by atoms with Crippen LogP contribution in [0.1, 0.15) is 45.4 Å². The van der Waals surface area contributed by atoms with Gasteiger partial charge in [-0.25, -0.2) is 4.68 Å². The molecule has 0 radical (unpaired) electrons. The van der Waals surface area contributed by atoms with Crippen LogP contribution in [0.4, 0.5) is 0 Å². The van der Waals surface area contributed by atoms with Gasteiger partial charge in [0.15, 0.2) is 11.5 Å². The Morgan fingerprint density at radius 2 is 1.67 bits per heavy atom. The topological polar surface area (TPSA) is 57.3 Å². The van der Waals surface area contributed by atoms with Gasteiger partial charge in [0.1, 0.15) is 0 Å². The summed E-state index contributed by atoms with van der Waals surface area (Å²) in [5, 5.41) is 7.14. The van der Waals surface area contributed by atoms with E-state index in [1.54, 1.807) is 32.7 Å². The Kier molecular flexibility index (Phi) is 7.74. The van der Waals surface area contributed by atoms with Crippen LogP contribution in [-0.2, 0) is 0 Å². The second-order valence-corrected chi connectivity index (χ2v) is 8.32. The molecule has 1 aliphatic carbocycles. The lowest BCUT2D eigenvalue weighted by atomic mass is 10.1. The minimum Gasteiger partial charge on any atom is -0.493 e. The Hall–Kier alpha value is -2.54. The first-order chi connectivity index (χ1) is 14.6. The number of methoxy groups -OCH3 is 3. The normalized spacial score (nSPS) is 14.9. The Bertz CT molecular complexity index is 953. The third kappa shape index (κ3) is 5.14. The van der Waals surface area contributed by atoms with Gasteiger partial charge in [-0.1, -0.05) is 25.0 Å². The second kappa shape index (κ2) is 10.5. The third-order valence-electron chi connectivity index (χ3n) is 5.05. The van der Waals surface area contributed by atoms with E-state index in [4.69, 9.17) is 24.3 Å². The van der Waals surface area contributed by atoms with Gasteiger partial charge in [-0.15, -0.1) is 11.3 Å². The molecule has 30 heavy (non-hydrogen) atoms. The first-order valence-corrected chi connectivity index (χ1v) is 11.2. The number of thiazole rings is 1. The van der Waals surface area contributed by atoms with Crippen molar-refractivity contribution in [2.75, 3.05) is 27.9 Å². The van der Waals surface area contributed by atoms with Crippen LogP contribution in [0.25, 0.3) is 11.3 Å². The number of rotatable bonds is 7. The van der Waals surface area contributed by atoms with Crippen LogP contribution in [-0.4, -0.2) is 38.3 Å². The Morgan fingerprint density at radius 1 is 1.03 bits per heavy atom. The number of nitrogens with zero attached hydrogens (tertiary/aromatic N) is 3. The molecular weight excluding hydrogens is 398 g/mol. The van der Waals surface area contributed by atoms with E-state index < -0.39 is 0 Å². The summed E-state index contributed by atoms with van der Waals surface area (Å²) in [6, 6.07) is 3.91. The molecule has 1 aromatic heterocycles. The van der Waals surface area contributed by atoms with Crippen LogP contribution < -0.4 is 19.0 Å². The van der Waals surface area contributed by atoms with Crippen LogP contribution in [0.5, 0.6) is 17.2 Å². The molecule has 0 unspecified atom stereocenters. The molecule has 3 rings (SSSR count).